The third-order valence-corrected chi connectivity index (χ3v) is 3.70. The van der Waals surface area contributed by atoms with Gasteiger partial charge in [0.15, 0.2) is 0 Å². The molecule has 1 aliphatic rings. The summed E-state index contributed by atoms with van der Waals surface area (Å²) in [5.74, 6) is 0.111. The van der Waals surface area contributed by atoms with Gasteiger partial charge in [0.05, 0.1) is 0 Å². The van der Waals surface area contributed by atoms with E-state index in [1.54, 1.807) is 4.90 Å². The minimum atomic E-state index is -0.118. The molecule has 5 heteroatoms. The Bertz CT molecular complexity index is 438. The summed E-state index contributed by atoms with van der Waals surface area (Å²) in [5, 5.41) is 3.27. The molecule has 0 bridgehead atoms. The highest BCUT2D eigenvalue weighted by atomic mass is 79.9. The maximum atomic E-state index is 12.4. The molecule has 1 aliphatic heterocycles. The van der Waals surface area contributed by atoms with Gasteiger partial charge in [-0.2, -0.15) is 0 Å². The third-order valence-electron chi connectivity index (χ3n) is 3.20. The van der Waals surface area contributed by atoms with Crippen LogP contribution in [0.15, 0.2) is 28.7 Å². The van der Waals surface area contributed by atoms with Crippen LogP contribution in [0.4, 0.5) is 5.69 Å². The fourth-order valence-corrected chi connectivity index (χ4v) is 2.50. The molecule has 0 radical (unpaired) electrons. The van der Waals surface area contributed by atoms with Crippen LogP contribution in [0.2, 0.25) is 0 Å². The second-order valence-electron chi connectivity index (χ2n) is 4.65. The van der Waals surface area contributed by atoms with Gasteiger partial charge in [-0.3, -0.25) is 4.79 Å². The standard InChI is InChI=1S/C13H18BrN3O/c1-16-7-6-15-12(9-16)13(18)17(2)11-5-3-4-10(14)8-11/h3-5,8,12,15H,6-7,9H2,1-2H3. The van der Waals surface area contributed by atoms with E-state index in [-0.39, 0.29) is 11.9 Å². The lowest BCUT2D eigenvalue weighted by molar-refractivity contribution is -0.121. The van der Waals surface area contributed by atoms with E-state index in [0.29, 0.717) is 0 Å². The van der Waals surface area contributed by atoms with Crippen molar-refractivity contribution in [2.24, 2.45) is 0 Å². The Labute approximate surface area is 116 Å². The van der Waals surface area contributed by atoms with Crippen molar-refractivity contribution in [3.63, 3.8) is 0 Å². The van der Waals surface area contributed by atoms with E-state index in [1.165, 1.54) is 0 Å². The highest BCUT2D eigenvalue weighted by Gasteiger charge is 2.26. The molecule has 18 heavy (non-hydrogen) atoms. The summed E-state index contributed by atoms with van der Waals surface area (Å²) in [7, 11) is 3.86. The normalized spacial score (nSPS) is 20.7. The number of likely N-dealkylation sites (N-methyl/N-ethyl adjacent to an activating group) is 2. The van der Waals surface area contributed by atoms with E-state index < -0.39 is 0 Å². The Morgan fingerprint density at radius 2 is 2.33 bits per heavy atom. The number of hydrogen-bond donors (Lipinski definition) is 1. The largest absolute Gasteiger partial charge is 0.314 e. The number of hydrogen-bond acceptors (Lipinski definition) is 3. The minimum Gasteiger partial charge on any atom is -0.314 e. The Morgan fingerprint density at radius 3 is 3.00 bits per heavy atom. The van der Waals surface area contributed by atoms with Crippen LogP contribution in [0.1, 0.15) is 0 Å². The summed E-state index contributed by atoms with van der Waals surface area (Å²) in [6, 6.07) is 7.66. The predicted octanol–water partition coefficient (Wildman–Crippen LogP) is 1.32. The lowest BCUT2D eigenvalue weighted by atomic mass is 10.2. The molecule has 1 aromatic carbocycles. The quantitative estimate of drug-likeness (QED) is 0.894. The molecule has 1 unspecified atom stereocenters. The zero-order valence-electron chi connectivity index (χ0n) is 10.7. The molecule has 0 spiro atoms. The van der Waals surface area contributed by atoms with Crippen molar-refractivity contribution in [3.05, 3.63) is 28.7 Å². The number of piperazine rings is 1. The van der Waals surface area contributed by atoms with Gasteiger partial charge in [-0.1, -0.05) is 22.0 Å². The van der Waals surface area contributed by atoms with Gasteiger partial charge < -0.3 is 15.1 Å². The molecular formula is C13H18BrN3O. The molecule has 1 heterocycles. The van der Waals surface area contributed by atoms with E-state index in [9.17, 15) is 4.79 Å². The minimum absolute atomic E-state index is 0.111. The van der Waals surface area contributed by atoms with Crippen molar-refractivity contribution in [2.45, 2.75) is 6.04 Å². The fraction of sp³-hybridized carbons (Fsp3) is 0.462. The smallest absolute Gasteiger partial charge is 0.245 e. The highest BCUT2D eigenvalue weighted by molar-refractivity contribution is 9.10. The fourth-order valence-electron chi connectivity index (χ4n) is 2.11. The Morgan fingerprint density at radius 1 is 1.56 bits per heavy atom. The third kappa shape index (κ3) is 3.10. The first kappa shape index (κ1) is 13.5. The number of anilines is 1. The molecular weight excluding hydrogens is 294 g/mol. The lowest BCUT2D eigenvalue weighted by Gasteiger charge is -2.32. The molecule has 98 valence electrons. The zero-order chi connectivity index (χ0) is 13.1. The average molecular weight is 312 g/mol. The van der Waals surface area contributed by atoms with E-state index in [4.69, 9.17) is 0 Å². The van der Waals surface area contributed by atoms with Crippen LogP contribution in [0, 0.1) is 0 Å². The Kier molecular flexibility index (Phi) is 4.37. The number of nitrogens with one attached hydrogen (secondary N) is 1. The van der Waals surface area contributed by atoms with Crippen molar-refractivity contribution in [2.75, 3.05) is 38.6 Å². The summed E-state index contributed by atoms with van der Waals surface area (Å²) in [5.41, 5.74) is 0.907. The lowest BCUT2D eigenvalue weighted by Crippen LogP contribution is -2.56. The molecule has 1 amide bonds. The number of carbonyl (C=O) groups is 1. The van der Waals surface area contributed by atoms with Gasteiger partial charge >= 0.3 is 0 Å². The van der Waals surface area contributed by atoms with Crippen LogP contribution in [-0.2, 0) is 4.79 Å². The van der Waals surface area contributed by atoms with E-state index in [2.05, 4.69) is 26.1 Å². The molecule has 1 aromatic rings. The van der Waals surface area contributed by atoms with Gasteiger partial charge in [0.25, 0.3) is 0 Å². The molecule has 1 fully saturated rings. The number of benzene rings is 1. The maximum Gasteiger partial charge on any atom is 0.245 e. The summed E-state index contributed by atoms with van der Waals surface area (Å²) in [6.07, 6.45) is 0. The molecule has 0 aliphatic carbocycles. The first-order valence-corrected chi connectivity index (χ1v) is 6.82. The molecule has 1 saturated heterocycles. The number of nitrogens with zero attached hydrogens (tertiary/aromatic N) is 2. The number of amides is 1. The van der Waals surface area contributed by atoms with Gasteiger partial charge in [-0.15, -0.1) is 0 Å². The Balaban J connectivity index is 2.08. The van der Waals surface area contributed by atoms with Gasteiger partial charge in [-0.05, 0) is 25.2 Å². The van der Waals surface area contributed by atoms with Crippen LogP contribution in [0.5, 0.6) is 0 Å². The summed E-state index contributed by atoms with van der Waals surface area (Å²) in [4.78, 5) is 16.3. The molecule has 1 atom stereocenters. The average Bonchev–Trinajstić information content (AvgIpc) is 2.37. The van der Waals surface area contributed by atoms with Crippen LogP contribution in [0.3, 0.4) is 0 Å². The summed E-state index contributed by atoms with van der Waals surface area (Å²) < 4.78 is 0.980. The second-order valence-corrected chi connectivity index (χ2v) is 5.56. The van der Waals surface area contributed by atoms with E-state index >= 15 is 0 Å². The topological polar surface area (TPSA) is 35.6 Å². The van der Waals surface area contributed by atoms with Gasteiger partial charge in [0, 0.05) is 36.8 Å². The predicted molar refractivity (Wildman–Crippen MR) is 76.8 cm³/mol. The monoisotopic (exact) mass is 311 g/mol. The molecule has 4 nitrogen and oxygen atoms in total. The van der Waals surface area contributed by atoms with Gasteiger partial charge in [0.2, 0.25) is 5.91 Å². The SMILES string of the molecule is CN1CCNC(C(=O)N(C)c2cccc(Br)c2)C1. The van der Waals surface area contributed by atoms with Gasteiger partial charge in [0.1, 0.15) is 6.04 Å². The molecule has 0 aromatic heterocycles. The van der Waals surface area contributed by atoms with Crippen molar-refractivity contribution >= 4 is 27.5 Å². The summed E-state index contributed by atoms with van der Waals surface area (Å²) in [6.45, 7) is 2.61. The number of rotatable bonds is 2. The zero-order valence-corrected chi connectivity index (χ0v) is 12.3. The number of halogens is 1. The van der Waals surface area contributed by atoms with Crippen molar-refractivity contribution in [1.82, 2.24) is 10.2 Å². The first-order valence-electron chi connectivity index (χ1n) is 6.03. The molecule has 0 saturated carbocycles. The molecule has 1 N–H and O–H groups in total. The van der Waals surface area contributed by atoms with Crippen LogP contribution >= 0.6 is 15.9 Å². The van der Waals surface area contributed by atoms with Crippen LogP contribution < -0.4 is 10.2 Å². The summed E-state index contributed by atoms with van der Waals surface area (Å²) >= 11 is 3.42. The van der Waals surface area contributed by atoms with Crippen LogP contribution in [0.25, 0.3) is 0 Å². The van der Waals surface area contributed by atoms with Crippen LogP contribution in [-0.4, -0.2) is 50.6 Å². The highest BCUT2D eigenvalue weighted by Crippen LogP contribution is 2.19. The van der Waals surface area contributed by atoms with Gasteiger partial charge in [-0.25, -0.2) is 0 Å². The molecule has 2 rings (SSSR count). The van der Waals surface area contributed by atoms with E-state index in [0.717, 1.165) is 29.8 Å². The van der Waals surface area contributed by atoms with Crippen molar-refractivity contribution in [3.8, 4) is 0 Å². The van der Waals surface area contributed by atoms with Crippen molar-refractivity contribution < 1.29 is 4.79 Å². The first-order chi connectivity index (χ1) is 8.58. The van der Waals surface area contributed by atoms with Crippen molar-refractivity contribution in [1.29, 1.82) is 0 Å². The maximum absolute atomic E-state index is 12.4. The Hall–Kier alpha value is -0.910. The number of carbonyl (C=O) groups excluding carboxylic acids is 1. The van der Waals surface area contributed by atoms with E-state index in [1.807, 2.05) is 38.4 Å². The second kappa shape index (κ2) is 5.82.